The Balaban J connectivity index is 1.72. The number of rotatable bonds is 9. The third kappa shape index (κ3) is 6.84. The zero-order valence-corrected chi connectivity index (χ0v) is 19.2. The van der Waals surface area contributed by atoms with E-state index >= 15 is 0 Å². The molecule has 0 saturated carbocycles. The second kappa shape index (κ2) is 11.7. The average molecular weight is 478 g/mol. The van der Waals surface area contributed by atoms with Crippen LogP contribution in [0.4, 0.5) is 10.1 Å². The molecule has 0 bridgehead atoms. The van der Waals surface area contributed by atoms with E-state index in [-0.39, 0.29) is 23.5 Å². The van der Waals surface area contributed by atoms with Crippen LogP contribution in [-0.2, 0) is 4.79 Å². The lowest BCUT2D eigenvalue weighted by molar-refractivity contribution is -0.114. The first-order valence-corrected chi connectivity index (χ1v) is 11.0. The van der Waals surface area contributed by atoms with Gasteiger partial charge in [0.25, 0.3) is 5.91 Å². The minimum Gasteiger partial charge on any atom is -0.404 e. The number of carbonyl (C=O) groups excluding carboxylic acids is 1. The molecule has 10 nitrogen and oxygen atoms in total. The minimum absolute atomic E-state index is 0.0644. The van der Waals surface area contributed by atoms with Crippen LogP contribution in [0.5, 0.6) is 0 Å². The van der Waals surface area contributed by atoms with Gasteiger partial charge in [-0.3, -0.25) is 14.7 Å². The molecule has 0 spiro atoms. The van der Waals surface area contributed by atoms with Gasteiger partial charge in [-0.05, 0) is 31.0 Å². The highest BCUT2D eigenvalue weighted by Gasteiger charge is 2.34. The number of primary amides is 1. The lowest BCUT2D eigenvalue weighted by atomic mass is 9.84. The fourth-order valence-electron chi connectivity index (χ4n) is 3.83. The molecule has 0 aliphatic carbocycles. The molecule has 1 aliphatic rings. The number of halogens is 1. The number of nitrogens with zero attached hydrogens (tertiary/aromatic N) is 5. The second-order valence-corrected chi connectivity index (χ2v) is 8.20. The van der Waals surface area contributed by atoms with Crippen molar-refractivity contribution in [3.8, 4) is 6.07 Å². The van der Waals surface area contributed by atoms with E-state index in [2.05, 4.69) is 31.2 Å². The van der Waals surface area contributed by atoms with Crippen LogP contribution in [0.3, 0.4) is 0 Å². The molecule has 0 atom stereocenters. The number of amidine groups is 1. The summed E-state index contributed by atoms with van der Waals surface area (Å²) in [6.07, 6.45) is 7.41. The maximum Gasteiger partial charge on any atom is 0.253 e. The summed E-state index contributed by atoms with van der Waals surface area (Å²) in [6.45, 7) is 2.01. The summed E-state index contributed by atoms with van der Waals surface area (Å²) in [5.41, 5.74) is 18.6. The normalized spacial score (nSPS) is 17.0. The van der Waals surface area contributed by atoms with E-state index in [0.29, 0.717) is 32.5 Å². The Morgan fingerprint density at radius 2 is 2.03 bits per heavy atom. The zero-order valence-electron chi connectivity index (χ0n) is 19.2. The monoisotopic (exact) mass is 477 g/mol. The second-order valence-electron chi connectivity index (χ2n) is 8.20. The van der Waals surface area contributed by atoms with E-state index in [0.717, 1.165) is 17.3 Å². The van der Waals surface area contributed by atoms with Crippen LogP contribution < -0.4 is 22.5 Å². The molecule has 3 rings (SSSR count). The van der Waals surface area contributed by atoms with Gasteiger partial charge in [-0.25, -0.2) is 9.98 Å². The summed E-state index contributed by atoms with van der Waals surface area (Å²) in [6, 6.07) is 10.4. The van der Waals surface area contributed by atoms with Crippen LogP contribution in [0.15, 0.2) is 65.7 Å². The number of aromatic nitrogens is 2. The number of nitrogens with one attached hydrogen (secondary N) is 1. The Hall–Kier alpha value is -4.30. The maximum absolute atomic E-state index is 13.3. The summed E-state index contributed by atoms with van der Waals surface area (Å²) < 4.78 is 13.3. The molecule has 7 N–H and O–H groups in total. The third-order valence-electron chi connectivity index (χ3n) is 5.84. The SMILES string of the molecule is N#CCC1(N/C=C(/C(N)=O)C(N)=Nc2ccnc(F)c2)CCN(C/C(=C/N)c2ccccn2)CC1. The number of amides is 1. The van der Waals surface area contributed by atoms with Crippen molar-refractivity contribution in [1.82, 2.24) is 20.2 Å². The van der Waals surface area contributed by atoms with Crippen molar-refractivity contribution in [2.75, 3.05) is 19.6 Å². The Labute approximate surface area is 203 Å². The molecule has 1 fully saturated rings. The van der Waals surface area contributed by atoms with E-state index in [1.165, 1.54) is 18.5 Å². The predicted molar refractivity (Wildman–Crippen MR) is 131 cm³/mol. The highest BCUT2D eigenvalue weighted by atomic mass is 19.1. The topological polar surface area (TPSA) is 172 Å². The van der Waals surface area contributed by atoms with Crippen molar-refractivity contribution < 1.29 is 9.18 Å². The largest absolute Gasteiger partial charge is 0.404 e. The quantitative estimate of drug-likeness (QED) is 0.181. The molecule has 35 heavy (non-hydrogen) atoms. The third-order valence-corrected chi connectivity index (χ3v) is 5.84. The van der Waals surface area contributed by atoms with E-state index in [1.807, 2.05) is 18.2 Å². The van der Waals surface area contributed by atoms with Crippen LogP contribution in [0, 0.1) is 17.3 Å². The Bertz CT molecular complexity index is 1160. The smallest absolute Gasteiger partial charge is 0.253 e. The molecular formula is C24H28FN9O. The number of hydrogen-bond acceptors (Lipinski definition) is 8. The number of carbonyl (C=O) groups is 1. The maximum atomic E-state index is 13.3. The van der Waals surface area contributed by atoms with Crippen molar-refractivity contribution in [1.29, 1.82) is 5.26 Å². The van der Waals surface area contributed by atoms with Crippen molar-refractivity contribution in [2.24, 2.45) is 22.2 Å². The molecule has 1 aliphatic heterocycles. The van der Waals surface area contributed by atoms with Crippen LogP contribution in [-0.4, -0.2) is 51.8 Å². The number of aliphatic imine (C=N–C) groups is 1. The van der Waals surface area contributed by atoms with Gasteiger partial charge < -0.3 is 22.5 Å². The molecule has 1 amide bonds. The van der Waals surface area contributed by atoms with Crippen molar-refractivity contribution in [3.63, 3.8) is 0 Å². The van der Waals surface area contributed by atoms with Gasteiger partial charge in [0.15, 0.2) is 0 Å². The van der Waals surface area contributed by atoms with Gasteiger partial charge >= 0.3 is 0 Å². The number of likely N-dealkylation sites (tertiary alicyclic amines) is 1. The molecule has 182 valence electrons. The van der Waals surface area contributed by atoms with Crippen molar-refractivity contribution >= 4 is 23.0 Å². The zero-order chi connectivity index (χ0) is 25.3. The molecule has 3 heterocycles. The summed E-state index contributed by atoms with van der Waals surface area (Å²) >= 11 is 0. The van der Waals surface area contributed by atoms with Gasteiger partial charge in [0.2, 0.25) is 5.95 Å². The van der Waals surface area contributed by atoms with Crippen LogP contribution in [0.2, 0.25) is 0 Å². The number of hydrogen-bond donors (Lipinski definition) is 4. The first-order chi connectivity index (χ1) is 16.9. The minimum atomic E-state index is -0.800. The Morgan fingerprint density at radius 1 is 1.26 bits per heavy atom. The van der Waals surface area contributed by atoms with E-state index in [4.69, 9.17) is 17.2 Å². The van der Waals surface area contributed by atoms with Gasteiger partial charge in [-0.2, -0.15) is 9.65 Å². The van der Waals surface area contributed by atoms with Gasteiger partial charge in [-0.1, -0.05) is 6.07 Å². The number of pyridine rings is 2. The van der Waals surface area contributed by atoms with Gasteiger partial charge in [0.05, 0.1) is 35.0 Å². The highest BCUT2D eigenvalue weighted by molar-refractivity contribution is 6.20. The molecule has 0 radical (unpaired) electrons. The van der Waals surface area contributed by atoms with Crippen LogP contribution in [0.25, 0.3) is 5.57 Å². The first kappa shape index (κ1) is 25.3. The lowest BCUT2D eigenvalue weighted by Crippen LogP contribution is -2.52. The van der Waals surface area contributed by atoms with Crippen LogP contribution >= 0.6 is 0 Å². The summed E-state index contributed by atoms with van der Waals surface area (Å²) in [5, 5.41) is 12.7. The predicted octanol–water partition coefficient (Wildman–Crippen LogP) is 1.31. The van der Waals surface area contributed by atoms with Gasteiger partial charge in [0.1, 0.15) is 5.84 Å². The molecule has 2 aromatic heterocycles. The summed E-state index contributed by atoms with van der Waals surface area (Å²) in [4.78, 5) is 26.2. The number of nitrogens with two attached hydrogens (primary N) is 3. The molecule has 0 aromatic carbocycles. The molecule has 1 saturated heterocycles. The van der Waals surface area contributed by atoms with E-state index in [9.17, 15) is 14.4 Å². The van der Waals surface area contributed by atoms with E-state index in [1.54, 1.807) is 12.4 Å². The van der Waals surface area contributed by atoms with Crippen LogP contribution in [0.1, 0.15) is 25.0 Å². The fourth-order valence-corrected chi connectivity index (χ4v) is 3.83. The molecular weight excluding hydrogens is 449 g/mol. The number of nitriles is 1. The standard InChI is InChI=1S/C24H28FN9O/c25-21-13-18(4-10-31-21)33-22(28)19(23(29)35)15-32-24(5-8-26)6-11-34(12-7-24)16-17(14-27)20-3-1-2-9-30-20/h1-4,9-10,13-15,32H,5-7,11-12,16,27H2,(H2,29,35)(H2,28,31,33)/b17-14-,19-15+. The Kier molecular flexibility index (Phi) is 8.48. The van der Waals surface area contributed by atoms with Crippen molar-refractivity contribution in [2.45, 2.75) is 24.8 Å². The molecule has 2 aromatic rings. The van der Waals surface area contributed by atoms with E-state index < -0.39 is 17.4 Å². The van der Waals surface area contributed by atoms with Gasteiger partial charge in [-0.15, -0.1) is 0 Å². The average Bonchev–Trinajstić information content (AvgIpc) is 2.84. The molecule has 11 heteroatoms. The lowest BCUT2D eigenvalue weighted by Gasteiger charge is -2.41. The highest BCUT2D eigenvalue weighted by Crippen LogP contribution is 2.27. The van der Waals surface area contributed by atoms with Crippen molar-refractivity contribution in [3.05, 3.63) is 72.3 Å². The van der Waals surface area contributed by atoms with Gasteiger partial charge in [0, 0.05) is 56.1 Å². The fraction of sp³-hybridized carbons (Fsp3) is 0.292. The first-order valence-electron chi connectivity index (χ1n) is 11.0. The molecule has 0 unspecified atom stereocenters. The summed E-state index contributed by atoms with van der Waals surface area (Å²) in [5.74, 6) is -1.70. The Morgan fingerprint density at radius 3 is 2.63 bits per heavy atom. The number of piperidine rings is 1. The summed E-state index contributed by atoms with van der Waals surface area (Å²) in [7, 11) is 0.